The number of hydrogen-bond acceptors (Lipinski definition) is 2. The van der Waals surface area contributed by atoms with Crippen LogP contribution in [-0.4, -0.2) is 17.0 Å². The summed E-state index contributed by atoms with van der Waals surface area (Å²) in [6.45, 7) is 4.59. The van der Waals surface area contributed by atoms with E-state index in [1.54, 1.807) is 0 Å². The summed E-state index contributed by atoms with van der Waals surface area (Å²) < 4.78 is 0. The maximum atomic E-state index is 9.18. The van der Waals surface area contributed by atoms with Crippen LogP contribution in [0.2, 0.25) is 0 Å². The lowest BCUT2D eigenvalue weighted by molar-refractivity contribution is 0.272. The van der Waals surface area contributed by atoms with Crippen molar-refractivity contribution in [3.8, 4) is 0 Å². The molecule has 0 saturated carbocycles. The molecule has 14 heavy (non-hydrogen) atoms. The molecule has 1 aliphatic heterocycles. The largest absolute Gasteiger partial charge is 0.396 e. The van der Waals surface area contributed by atoms with Crippen LogP contribution < -0.4 is 0 Å². The first-order valence-electron chi connectivity index (χ1n) is 5.11. The van der Waals surface area contributed by atoms with Gasteiger partial charge in [-0.05, 0) is 23.6 Å². The summed E-state index contributed by atoms with van der Waals surface area (Å²) in [6.07, 6.45) is 1.15. The minimum absolute atomic E-state index is 0.246. The highest BCUT2D eigenvalue weighted by atomic mass is 32.2. The summed E-state index contributed by atoms with van der Waals surface area (Å²) in [5.74, 6) is 0.274. The van der Waals surface area contributed by atoms with Crippen molar-refractivity contribution < 1.29 is 5.11 Å². The first-order chi connectivity index (χ1) is 6.72. The van der Waals surface area contributed by atoms with Gasteiger partial charge in [0.1, 0.15) is 0 Å². The molecule has 0 aromatic heterocycles. The summed E-state index contributed by atoms with van der Waals surface area (Å²) in [5, 5.41) is 9.87. The van der Waals surface area contributed by atoms with E-state index in [9.17, 15) is 5.11 Å². The Labute approximate surface area is 89.5 Å². The molecule has 0 bridgehead atoms. The number of hydrogen-bond donors (Lipinski definition) is 1. The van der Waals surface area contributed by atoms with Gasteiger partial charge in [0, 0.05) is 22.7 Å². The van der Waals surface area contributed by atoms with Crippen LogP contribution in [0.1, 0.15) is 30.9 Å². The molecule has 2 rings (SSSR count). The number of fused-ring (bicyclic) bond motifs is 1. The van der Waals surface area contributed by atoms with Crippen molar-refractivity contribution in [3.63, 3.8) is 0 Å². The van der Waals surface area contributed by atoms with E-state index in [1.807, 2.05) is 11.8 Å². The van der Waals surface area contributed by atoms with Gasteiger partial charge in [0.25, 0.3) is 0 Å². The van der Waals surface area contributed by atoms with E-state index < -0.39 is 0 Å². The fraction of sp³-hybridized carbons (Fsp3) is 0.500. The van der Waals surface area contributed by atoms with Crippen LogP contribution in [0.25, 0.3) is 0 Å². The Morgan fingerprint density at radius 3 is 3.07 bits per heavy atom. The second-order valence-corrected chi connectivity index (χ2v) is 5.52. The lowest BCUT2D eigenvalue weighted by Crippen LogP contribution is -2.04. The van der Waals surface area contributed by atoms with Crippen molar-refractivity contribution in [1.82, 2.24) is 0 Å². The lowest BCUT2D eigenvalue weighted by Gasteiger charge is -2.12. The zero-order valence-corrected chi connectivity index (χ0v) is 9.47. The summed E-state index contributed by atoms with van der Waals surface area (Å²) in [4.78, 5) is 1.41. The summed E-state index contributed by atoms with van der Waals surface area (Å²) in [6, 6.07) is 6.45. The molecule has 2 heteroatoms. The molecule has 1 aliphatic rings. The van der Waals surface area contributed by atoms with Crippen molar-refractivity contribution >= 4 is 11.8 Å². The van der Waals surface area contributed by atoms with Crippen molar-refractivity contribution in [1.29, 1.82) is 0 Å². The van der Waals surface area contributed by atoms with E-state index in [1.165, 1.54) is 16.0 Å². The molecule has 0 amide bonds. The maximum absolute atomic E-state index is 9.18. The number of rotatable bonds is 2. The van der Waals surface area contributed by atoms with Crippen LogP contribution >= 0.6 is 11.8 Å². The molecule has 0 spiro atoms. The summed E-state index contributed by atoms with van der Waals surface area (Å²) in [7, 11) is 0. The van der Waals surface area contributed by atoms with E-state index >= 15 is 0 Å². The van der Waals surface area contributed by atoms with Gasteiger partial charge in [-0.25, -0.2) is 0 Å². The first-order valence-corrected chi connectivity index (χ1v) is 5.99. The lowest BCUT2D eigenvalue weighted by atomic mass is 9.94. The van der Waals surface area contributed by atoms with Crippen LogP contribution in [0.15, 0.2) is 23.1 Å². The SMILES string of the molecule is CC1Cc2c(cccc2C(C)CO)S1. The van der Waals surface area contributed by atoms with Crippen LogP contribution in [0.4, 0.5) is 0 Å². The molecule has 0 fully saturated rings. The average molecular weight is 208 g/mol. The van der Waals surface area contributed by atoms with Gasteiger partial charge in [0.05, 0.1) is 0 Å². The molecule has 1 aromatic carbocycles. The van der Waals surface area contributed by atoms with E-state index in [2.05, 4.69) is 32.0 Å². The Balaban J connectivity index is 2.39. The highest BCUT2D eigenvalue weighted by Gasteiger charge is 2.22. The Morgan fingerprint density at radius 1 is 1.57 bits per heavy atom. The zero-order valence-electron chi connectivity index (χ0n) is 8.66. The van der Waals surface area contributed by atoms with Crippen molar-refractivity contribution in [2.24, 2.45) is 0 Å². The molecule has 2 atom stereocenters. The smallest absolute Gasteiger partial charge is 0.0497 e. The van der Waals surface area contributed by atoms with Gasteiger partial charge in [0.2, 0.25) is 0 Å². The van der Waals surface area contributed by atoms with Crippen molar-refractivity contribution in [2.45, 2.75) is 36.3 Å². The highest BCUT2D eigenvalue weighted by molar-refractivity contribution is 8.00. The maximum Gasteiger partial charge on any atom is 0.0497 e. The molecule has 2 unspecified atom stereocenters. The van der Waals surface area contributed by atoms with Gasteiger partial charge >= 0.3 is 0 Å². The van der Waals surface area contributed by atoms with Crippen LogP contribution in [-0.2, 0) is 6.42 Å². The molecule has 1 N–H and O–H groups in total. The third-order valence-electron chi connectivity index (χ3n) is 2.79. The average Bonchev–Trinajstić information content (AvgIpc) is 2.56. The third kappa shape index (κ3) is 1.69. The molecular formula is C12H16OS. The Bertz CT molecular complexity index is 335. The Morgan fingerprint density at radius 2 is 2.36 bits per heavy atom. The molecule has 76 valence electrons. The van der Waals surface area contributed by atoms with Gasteiger partial charge in [-0.15, -0.1) is 11.8 Å². The number of aliphatic hydroxyl groups excluding tert-OH is 1. The van der Waals surface area contributed by atoms with Gasteiger partial charge < -0.3 is 5.11 Å². The van der Waals surface area contributed by atoms with Crippen LogP contribution in [0, 0.1) is 0 Å². The molecule has 0 aliphatic carbocycles. The second-order valence-electron chi connectivity index (χ2n) is 4.04. The standard InChI is InChI=1S/C12H16OS/c1-8(7-13)10-4-3-5-12-11(10)6-9(2)14-12/h3-5,8-9,13H,6-7H2,1-2H3. The van der Waals surface area contributed by atoms with Gasteiger partial charge in [0.15, 0.2) is 0 Å². The first kappa shape index (κ1) is 10.1. The van der Waals surface area contributed by atoms with Crippen molar-refractivity contribution in [3.05, 3.63) is 29.3 Å². The predicted molar refractivity (Wildman–Crippen MR) is 61.0 cm³/mol. The van der Waals surface area contributed by atoms with E-state index in [0.717, 1.165) is 6.42 Å². The summed E-state index contributed by atoms with van der Waals surface area (Å²) >= 11 is 1.95. The van der Waals surface area contributed by atoms with E-state index in [4.69, 9.17) is 0 Å². The zero-order chi connectivity index (χ0) is 10.1. The molecule has 0 saturated heterocycles. The number of thioether (sulfide) groups is 1. The Hall–Kier alpha value is -0.470. The fourth-order valence-corrected chi connectivity index (χ4v) is 3.20. The van der Waals surface area contributed by atoms with Gasteiger partial charge in [-0.2, -0.15) is 0 Å². The summed E-state index contributed by atoms with van der Waals surface area (Å²) in [5.41, 5.74) is 2.80. The topological polar surface area (TPSA) is 20.2 Å². The van der Waals surface area contributed by atoms with Gasteiger partial charge in [-0.3, -0.25) is 0 Å². The van der Waals surface area contributed by atoms with Crippen LogP contribution in [0.5, 0.6) is 0 Å². The molecule has 0 radical (unpaired) electrons. The quantitative estimate of drug-likeness (QED) is 0.806. The van der Waals surface area contributed by atoms with Crippen LogP contribution in [0.3, 0.4) is 0 Å². The fourth-order valence-electron chi connectivity index (χ4n) is 2.02. The normalized spacial score (nSPS) is 22.1. The minimum Gasteiger partial charge on any atom is -0.396 e. The van der Waals surface area contributed by atoms with E-state index in [-0.39, 0.29) is 12.5 Å². The Kier molecular flexibility index (Phi) is 2.84. The van der Waals surface area contributed by atoms with Gasteiger partial charge in [-0.1, -0.05) is 26.0 Å². The number of benzene rings is 1. The molecular weight excluding hydrogens is 192 g/mol. The third-order valence-corrected chi connectivity index (χ3v) is 4.00. The molecule has 1 aromatic rings. The predicted octanol–water partition coefficient (Wildman–Crippen LogP) is 2.82. The molecule has 1 nitrogen and oxygen atoms in total. The van der Waals surface area contributed by atoms with Crippen molar-refractivity contribution in [2.75, 3.05) is 6.61 Å². The minimum atomic E-state index is 0.246. The monoisotopic (exact) mass is 208 g/mol. The highest BCUT2D eigenvalue weighted by Crippen LogP contribution is 2.40. The van der Waals surface area contributed by atoms with E-state index in [0.29, 0.717) is 5.25 Å². The second kappa shape index (κ2) is 3.95. The molecule has 1 heterocycles. The number of aliphatic hydroxyl groups is 1.